The third kappa shape index (κ3) is 5.97. The van der Waals surface area contributed by atoms with Gasteiger partial charge in [-0.3, -0.25) is 4.90 Å². The van der Waals surface area contributed by atoms with Crippen molar-refractivity contribution in [2.75, 3.05) is 49.5 Å². The van der Waals surface area contributed by atoms with Gasteiger partial charge in [-0.05, 0) is 50.2 Å². The van der Waals surface area contributed by atoms with Crippen molar-refractivity contribution in [1.29, 1.82) is 0 Å². The highest BCUT2D eigenvalue weighted by Gasteiger charge is 2.21. The molecule has 0 aliphatic carbocycles. The number of nitrogens with zero attached hydrogens (tertiary/aromatic N) is 2. The highest BCUT2D eigenvalue weighted by Crippen LogP contribution is 2.16. The van der Waals surface area contributed by atoms with Crippen molar-refractivity contribution in [3.8, 4) is 0 Å². The van der Waals surface area contributed by atoms with Gasteiger partial charge in [0.25, 0.3) is 0 Å². The first-order valence-electron chi connectivity index (χ1n) is 10.4. The maximum Gasteiger partial charge on any atom is 0.338 e. The lowest BCUT2D eigenvalue weighted by Crippen LogP contribution is -2.52. The van der Waals surface area contributed by atoms with Crippen LogP contribution in [0.1, 0.15) is 24.2 Å². The lowest BCUT2D eigenvalue weighted by Gasteiger charge is -2.39. The van der Waals surface area contributed by atoms with E-state index in [9.17, 15) is 9.59 Å². The van der Waals surface area contributed by atoms with E-state index in [1.807, 2.05) is 6.07 Å². The molecule has 1 heterocycles. The summed E-state index contributed by atoms with van der Waals surface area (Å²) < 4.78 is 4.96. The smallest absolute Gasteiger partial charge is 0.338 e. The molecular weight excluding hydrogens is 380 g/mol. The lowest BCUT2D eigenvalue weighted by atomic mass is 10.2. The van der Waals surface area contributed by atoms with E-state index in [2.05, 4.69) is 51.6 Å². The zero-order valence-electron chi connectivity index (χ0n) is 17.6. The van der Waals surface area contributed by atoms with Crippen LogP contribution in [-0.4, -0.2) is 62.3 Å². The molecule has 0 unspecified atom stereocenters. The summed E-state index contributed by atoms with van der Waals surface area (Å²) in [5.74, 6) is -0.366. The maximum atomic E-state index is 12.2. The molecular formula is C23H30N4O3. The fourth-order valence-electron chi connectivity index (χ4n) is 3.51. The number of urea groups is 1. The van der Waals surface area contributed by atoms with Crippen molar-refractivity contribution in [3.63, 3.8) is 0 Å². The summed E-state index contributed by atoms with van der Waals surface area (Å²) in [4.78, 5) is 28.7. The van der Waals surface area contributed by atoms with E-state index in [1.54, 1.807) is 31.2 Å². The number of hydrogen-bond acceptors (Lipinski definition) is 5. The number of ether oxygens (including phenoxy) is 1. The van der Waals surface area contributed by atoms with Gasteiger partial charge < -0.3 is 20.3 Å². The Kier molecular flexibility index (Phi) is 7.68. The van der Waals surface area contributed by atoms with Crippen molar-refractivity contribution in [2.45, 2.75) is 19.9 Å². The van der Waals surface area contributed by atoms with Gasteiger partial charge in [-0.2, -0.15) is 0 Å². The highest BCUT2D eigenvalue weighted by atomic mass is 16.5. The van der Waals surface area contributed by atoms with Crippen molar-refractivity contribution in [3.05, 3.63) is 60.2 Å². The zero-order valence-corrected chi connectivity index (χ0v) is 17.6. The Morgan fingerprint density at radius 2 is 1.67 bits per heavy atom. The number of carbonyl (C=O) groups is 2. The first-order valence-corrected chi connectivity index (χ1v) is 10.4. The number of esters is 1. The molecule has 3 rings (SSSR count). The predicted octanol–water partition coefficient (Wildman–Crippen LogP) is 3.20. The Balaban J connectivity index is 1.40. The molecule has 7 heteroatoms. The summed E-state index contributed by atoms with van der Waals surface area (Å²) in [5, 5.41) is 5.73. The third-order valence-electron chi connectivity index (χ3n) is 5.27. The average molecular weight is 411 g/mol. The van der Waals surface area contributed by atoms with E-state index >= 15 is 0 Å². The van der Waals surface area contributed by atoms with Gasteiger partial charge in [0.05, 0.1) is 12.2 Å². The minimum atomic E-state index is -0.366. The lowest BCUT2D eigenvalue weighted by molar-refractivity contribution is 0.0526. The molecule has 2 amide bonds. The van der Waals surface area contributed by atoms with Gasteiger partial charge >= 0.3 is 12.0 Å². The number of rotatable bonds is 7. The Morgan fingerprint density at radius 1 is 1.00 bits per heavy atom. The molecule has 2 aromatic rings. The van der Waals surface area contributed by atoms with Gasteiger partial charge in [-0.1, -0.05) is 18.2 Å². The van der Waals surface area contributed by atoms with Crippen LogP contribution in [-0.2, 0) is 4.74 Å². The van der Waals surface area contributed by atoms with E-state index in [-0.39, 0.29) is 18.0 Å². The maximum absolute atomic E-state index is 12.2. The number of piperazine rings is 1. The van der Waals surface area contributed by atoms with E-state index in [4.69, 9.17) is 4.74 Å². The summed E-state index contributed by atoms with van der Waals surface area (Å²) in [6, 6.07) is 17.1. The van der Waals surface area contributed by atoms with Crippen LogP contribution in [0.15, 0.2) is 54.6 Å². The fraction of sp³-hybridized carbons (Fsp3) is 0.391. The summed E-state index contributed by atoms with van der Waals surface area (Å²) in [6.45, 7) is 8.69. The topological polar surface area (TPSA) is 73.9 Å². The summed E-state index contributed by atoms with van der Waals surface area (Å²) in [6.07, 6.45) is 0. The van der Waals surface area contributed by atoms with Gasteiger partial charge in [0, 0.05) is 50.1 Å². The second-order valence-electron chi connectivity index (χ2n) is 7.34. The summed E-state index contributed by atoms with van der Waals surface area (Å²) in [5.41, 5.74) is 2.35. The molecule has 30 heavy (non-hydrogen) atoms. The minimum Gasteiger partial charge on any atom is -0.462 e. The van der Waals surface area contributed by atoms with Crippen LogP contribution in [0.4, 0.5) is 16.2 Å². The van der Waals surface area contributed by atoms with E-state index in [0.29, 0.717) is 24.4 Å². The fourth-order valence-corrected chi connectivity index (χ4v) is 3.51. The molecule has 7 nitrogen and oxygen atoms in total. The van der Waals surface area contributed by atoms with Gasteiger partial charge in [-0.25, -0.2) is 9.59 Å². The Morgan fingerprint density at radius 3 is 2.30 bits per heavy atom. The van der Waals surface area contributed by atoms with Crippen LogP contribution >= 0.6 is 0 Å². The number of amides is 2. The number of nitrogens with one attached hydrogen (secondary N) is 2. The molecule has 2 aromatic carbocycles. The number of anilines is 2. The van der Waals surface area contributed by atoms with Gasteiger partial charge in [0.1, 0.15) is 0 Å². The minimum absolute atomic E-state index is 0.250. The van der Waals surface area contributed by atoms with Crippen molar-refractivity contribution in [2.24, 2.45) is 0 Å². The van der Waals surface area contributed by atoms with Crippen molar-refractivity contribution >= 4 is 23.4 Å². The number of para-hydroxylation sites is 1. The molecule has 0 radical (unpaired) electrons. The first-order chi connectivity index (χ1) is 14.6. The molecule has 0 spiro atoms. The monoisotopic (exact) mass is 410 g/mol. The van der Waals surface area contributed by atoms with Crippen LogP contribution in [0.2, 0.25) is 0 Å². The van der Waals surface area contributed by atoms with Crippen LogP contribution in [0.25, 0.3) is 0 Å². The average Bonchev–Trinajstić information content (AvgIpc) is 2.79. The second kappa shape index (κ2) is 10.6. The normalized spacial score (nSPS) is 15.3. The van der Waals surface area contributed by atoms with Gasteiger partial charge in [0.2, 0.25) is 0 Å². The molecule has 1 atom stereocenters. The molecule has 0 saturated carbocycles. The predicted molar refractivity (Wildman–Crippen MR) is 119 cm³/mol. The molecule has 0 aromatic heterocycles. The van der Waals surface area contributed by atoms with Crippen LogP contribution in [0.3, 0.4) is 0 Å². The van der Waals surface area contributed by atoms with Crippen LogP contribution < -0.4 is 15.5 Å². The number of benzene rings is 2. The van der Waals surface area contributed by atoms with Crippen molar-refractivity contribution in [1.82, 2.24) is 10.2 Å². The standard InChI is InChI=1S/C23H30N4O3/c1-3-30-22(28)19-9-11-20(12-10-19)25-23(29)24-17-18(2)26-13-15-27(16-14-26)21-7-5-4-6-8-21/h4-12,18H,3,13-17H2,1-2H3,(H2,24,25,29)/t18-/m1/s1. The van der Waals surface area contributed by atoms with E-state index < -0.39 is 0 Å². The van der Waals surface area contributed by atoms with Gasteiger partial charge in [-0.15, -0.1) is 0 Å². The Bertz CT molecular complexity index is 818. The van der Waals surface area contributed by atoms with Crippen molar-refractivity contribution < 1.29 is 14.3 Å². The van der Waals surface area contributed by atoms with Crippen LogP contribution in [0, 0.1) is 0 Å². The van der Waals surface area contributed by atoms with Crippen LogP contribution in [0.5, 0.6) is 0 Å². The summed E-state index contributed by atoms with van der Waals surface area (Å²) in [7, 11) is 0. The molecule has 1 aliphatic rings. The summed E-state index contributed by atoms with van der Waals surface area (Å²) >= 11 is 0. The van der Waals surface area contributed by atoms with Gasteiger partial charge in [0.15, 0.2) is 0 Å². The number of hydrogen-bond donors (Lipinski definition) is 2. The number of carbonyl (C=O) groups excluding carboxylic acids is 2. The molecule has 160 valence electrons. The molecule has 1 fully saturated rings. The SMILES string of the molecule is CCOC(=O)c1ccc(NC(=O)NC[C@@H](C)N2CCN(c3ccccc3)CC2)cc1. The molecule has 2 N–H and O–H groups in total. The molecule has 0 bridgehead atoms. The Hall–Kier alpha value is -3.06. The quantitative estimate of drug-likeness (QED) is 0.686. The Labute approximate surface area is 178 Å². The zero-order chi connectivity index (χ0) is 21.3. The first kappa shape index (κ1) is 21.6. The second-order valence-corrected chi connectivity index (χ2v) is 7.34. The van der Waals surface area contributed by atoms with E-state index in [1.165, 1.54) is 5.69 Å². The van der Waals surface area contributed by atoms with E-state index in [0.717, 1.165) is 26.2 Å². The largest absolute Gasteiger partial charge is 0.462 e. The molecule has 1 aliphatic heterocycles. The highest BCUT2D eigenvalue weighted by molar-refractivity contribution is 5.92. The molecule has 1 saturated heterocycles. The third-order valence-corrected chi connectivity index (χ3v) is 5.27.